The van der Waals surface area contributed by atoms with Crippen molar-refractivity contribution in [2.75, 3.05) is 0 Å². The van der Waals surface area contributed by atoms with Crippen molar-refractivity contribution >= 4 is 38.8 Å². The van der Waals surface area contributed by atoms with Gasteiger partial charge in [0.25, 0.3) is 0 Å². The second-order valence-corrected chi connectivity index (χ2v) is 8.15. The largest absolute Gasteiger partial charge is 0.370 e. The highest BCUT2D eigenvalue weighted by Crippen LogP contribution is 2.34. The average molecular weight is 398 g/mol. The number of hydrogen-bond donors (Lipinski definition) is 2. The molecule has 0 saturated heterocycles. The first-order valence-electron chi connectivity index (χ1n) is 8.73. The van der Waals surface area contributed by atoms with E-state index in [9.17, 15) is 4.79 Å². The number of H-pyrrole nitrogens is 1. The van der Waals surface area contributed by atoms with Crippen LogP contribution in [0.4, 0.5) is 0 Å². The van der Waals surface area contributed by atoms with Crippen molar-refractivity contribution in [2.24, 2.45) is 5.73 Å². The topological polar surface area (TPSA) is 97.5 Å². The average Bonchev–Trinajstić information content (AvgIpc) is 3.36. The Bertz CT molecular complexity index is 1090. The van der Waals surface area contributed by atoms with Gasteiger partial charge in [0.1, 0.15) is 16.5 Å². The summed E-state index contributed by atoms with van der Waals surface area (Å²) in [6.45, 7) is 1.99. The number of aromatic nitrogens is 4. The summed E-state index contributed by atoms with van der Waals surface area (Å²) in [7, 11) is 0. The Hall–Kier alpha value is -2.58. The molecule has 8 heteroatoms. The number of nitrogens with two attached hydrogens (primary N) is 1. The third kappa shape index (κ3) is 3.91. The Morgan fingerprint density at radius 2 is 2.11 bits per heavy atom. The van der Waals surface area contributed by atoms with Gasteiger partial charge in [-0.2, -0.15) is 0 Å². The molecule has 0 spiro atoms. The lowest BCUT2D eigenvalue weighted by atomic mass is 10.1. The molecule has 0 radical (unpaired) electrons. The van der Waals surface area contributed by atoms with Gasteiger partial charge in [-0.05, 0) is 31.9 Å². The highest BCUT2D eigenvalue weighted by Gasteiger charge is 2.17. The second-order valence-electron chi connectivity index (χ2n) is 6.41. The summed E-state index contributed by atoms with van der Waals surface area (Å²) in [6, 6.07) is 6.24. The highest BCUT2D eigenvalue weighted by atomic mass is 32.1. The van der Waals surface area contributed by atoms with E-state index in [0.29, 0.717) is 6.42 Å². The third-order valence-electron chi connectivity index (χ3n) is 4.28. The van der Waals surface area contributed by atoms with Crippen LogP contribution in [0.25, 0.3) is 32.2 Å². The van der Waals surface area contributed by atoms with E-state index in [1.807, 2.05) is 23.9 Å². The maximum atomic E-state index is 10.9. The Labute approximate surface area is 164 Å². The zero-order valence-electron chi connectivity index (χ0n) is 14.9. The second kappa shape index (κ2) is 7.58. The van der Waals surface area contributed by atoms with Gasteiger partial charge in [0.2, 0.25) is 5.91 Å². The lowest BCUT2D eigenvalue weighted by Crippen LogP contribution is -2.09. The predicted molar refractivity (Wildman–Crippen MR) is 110 cm³/mol. The van der Waals surface area contributed by atoms with Crippen LogP contribution in [-0.2, 0) is 11.2 Å². The van der Waals surface area contributed by atoms with Gasteiger partial charge >= 0.3 is 0 Å². The van der Waals surface area contributed by atoms with Crippen molar-refractivity contribution in [3.63, 3.8) is 0 Å². The molecular weight excluding hydrogens is 378 g/mol. The number of thiazole rings is 2. The predicted octanol–water partition coefficient (Wildman–Crippen LogP) is 4.32. The molecule has 0 saturated carbocycles. The normalized spacial score (nSPS) is 11.3. The molecule has 3 heterocycles. The summed E-state index contributed by atoms with van der Waals surface area (Å²) in [5.74, 6) is 0.647. The van der Waals surface area contributed by atoms with Gasteiger partial charge in [0.15, 0.2) is 0 Å². The molecule has 4 rings (SSSR count). The molecule has 0 aliphatic rings. The monoisotopic (exact) mass is 397 g/mol. The molecular formula is C19H19N5OS2. The van der Waals surface area contributed by atoms with Gasteiger partial charge in [-0.25, -0.2) is 15.0 Å². The highest BCUT2D eigenvalue weighted by molar-refractivity contribution is 7.16. The van der Waals surface area contributed by atoms with E-state index in [4.69, 9.17) is 10.7 Å². The van der Waals surface area contributed by atoms with E-state index in [-0.39, 0.29) is 5.91 Å². The molecule has 3 aromatic heterocycles. The van der Waals surface area contributed by atoms with Crippen molar-refractivity contribution in [1.29, 1.82) is 0 Å². The molecule has 0 unspecified atom stereocenters. The van der Waals surface area contributed by atoms with Crippen molar-refractivity contribution in [3.05, 3.63) is 40.6 Å². The van der Waals surface area contributed by atoms with Crippen LogP contribution in [0.3, 0.4) is 0 Å². The molecule has 6 nitrogen and oxygen atoms in total. The number of aromatic amines is 1. The van der Waals surface area contributed by atoms with E-state index < -0.39 is 0 Å². The maximum Gasteiger partial charge on any atom is 0.217 e. The van der Waals surface area contributed by atoms with E-state index in [2.05, 4.69) is 27.1 Å². The van der Waals surface area contributed by atoms with Gasteiger partial charge in [-0.1, -0.05) is 6.07 Å². The number of imidazole rings is 1. The lowest BCUT2D eigenvalue weighted by Gasteiger charge is -2.01. The molecule has 0 aliphatic carbocycles. The smallest absolute Gasteiger partial charge is 0.217 e. The number of nitrogens with one attached hydrogen (secondary N) is 1. The van der Waals surface area contributed by atoms with Crippen molar-refractivity contribution in [3.8, 4) is 22.0 Å². The van der Waals surface area contributed by atoms with Crippen LogP contribution in [0.2, 0.25) is 0 Å². The fourth-order valence-electron chi connectivity index (χ4n) is 2.97. The number of nitrogens with zero attached hydrogens (tertiary/aromatic N) is 3. The lowest BCUT2D eigenvalue weighted by molar-refractivity contribution is -0.118. The Morgan fingerprint density at radius 3 is 2.89 bits per heavy atom. The van der Waals surface area contributed by atoms with E-state index in [0.717, 1.165) is 63.0 Å². The van der Waals surface area contributed by atoms with Crippen LogP contribution >= 0.6 is 22.7 Å². The molecule has 4 aromatic rings. The number of hydrogen-bond acceptors (Lipinski definition) is 6. The molecule has 0 fully saturated rings. The fraction of sp³-hybridized carbons (Fsp3) is 0.263. The third-order valence-corrected chi connectivity index (χ3v) is 6.04. The Morgan fingerprint density at radius 1 is 1.22 bits per heavy atom. The number of carbonyl (C=O) groups is 1. The summed E-state index contributed by atoms with van der Waals surface area (Å²) in [6.07, 6.45) is 2.81. The molecule has 1 aromatic carbocycles. The number of carbonyl (C=O) groups excluding carboxylic acids is 1. The van der Waals surface area contributed by atoms with Crippen LogP contribution in [0.15, 0.2) is 29.1 Å². The number of benzene rings is 1. The molecule has 0 bridgehead atoms. The molecule has 138 valence electrons. The van der Waals surface area contributed by atoms with Crippen LogP contribution in [-0.4, -0.2) is 25.8 Å². The SMILES string of the molecule is Cc1csc(-c2nc(CCCCC(N)=O)[nH]c2-c2ccc3ncsc3c2)n1. The van der Waals surface area contributed by atoms with Gasteiger partial charge < -0.3 is 10.7 Å². The standard InChI is InChI=1S/C19H19N5OS2/c1-11-9-26-19(22-11)18-17(12-6-7-13-14(8-12)27-10-21-13)23-16(24-18)5-3-2-4-15(20)25/h6-10H,2-5H2,1H3,(H2,20,25)(H,23,24). The fourth-order valence-corrected chi connectivity index (χ4v) is 4.48. The van der Waals surface area contributed by atoms with Crippen molar-refractivity contribution < 1.29 is 4.79 Å². The van der Waals surface area contributed by atoms with Crippen LogP contribution in [0.5, 0.6) is 0 Å². The van der Waals surface area contributed by atoms with Gasteiger partial charge in [-0.3, -0.25) is 4.79 Å². The summed E-state index contributed by atoms with van der Waals surface area (Å²) >= 11 is 3.22. The van der Waals surface area contributed by atoms with Gasteiger partial charge in [0, 0.05) is 29.5 Å². The van der Waals surface area contributed by atoms with Crippen LogP contribution < -0.4 is 5.73 Å². The Kier molecular flexibility index (Phi) is 5.00. The van der Waals surface area contributed by atoms with Crippen LogP contribution in [0.1, 0.15) is 30.8 Å². The number of unbranched alkanes of at least 4 members (excludes halogenated alkanes) is 1. The van der Waals surface area contributed by atoms with Crippen molar-refractivity contribution in [2.45, 2.75) is 32.6 Å². The number of aryl methyl sites for hydroxylation is 2. The van der Waals surface area contributed by atoms with Crippen LogP contribution in [0, 0.1) is 6.92 Å². The molecule has 1 amide bonds. The molecule has 0 aliphatic heterocycles. The minimum atomic E-state index is -0.257. The minimum absolute atomic E-state index is 0.257. The number of primary amides is 1. The number of rotatable bonds is 7. The first kappa shape index (κ1) is 17.8. The quantitative estimate of drug-likeness (QED) is 0.454. The van der Waals surface area contributed by atoms with Gasteiger partial charge in [-0.15, -0.1) is 22.7 Å². The van der Waals surface area contributed by atoms with Crippen molar-refractivity contribution in [1.82, 2.24) is 19.9 Å². The zero-order chi connectivity index (χ0) is 18.8. The van der Waals surface area contributed by atoms with E-state index in [1.54, 1.807) is 22.7 Å². The summed E-state index contributed by atoms with van der Waals surface area (Å²) in [5.41, 5.74) is 12.0. The zero-order valence-corrected chi connectivity index (χ0v) is 16.5. The summed E-state index contributed by atoms with van der Waals surface area (Å²) in [4.78, 5) is 28.2. The number of amides is 1. The number of fused-ring (bicyclic) bond motifs is 1. The first-order valence-corrected chi connectivity index (χ1v) is 10.5. The molecule has 0 atom stereocenters. The minimum Gasteiger partial charge on any atom is -0.370 e. The maximum absolute atomic E-state index is 10.9. The molecule has 27 heavy (non-hydrogen) atoms. The van der Waals surface area contributed by atoms with Gasteiger partial charge in [0.05, 0.1) is 21.4 Å². The summed E-state index contributed by atoms with van der Waals surface area (Å²) < 4.78 is 1.14. The van der Waals surface area contributed by atoms with E-state index in [1.165, 1.54) is 0 Å². The summed E-state index contributed by atoms with van der Waals surface area (Å²) in [5, 5.41) is 2.94. The Balaban J connectivity index is 1.68. The molecule has 3 N–H and O–H groups in total. The van der Waals surface area contributed by atoms with E-state index >= 15 is 0 Å². The first-order chi connectivity index (χ1) is 13.1.